The van der Waals surface area contributed by atoms with E-state index in [2.05, 4.69) is 5.32 Å². The number of hydrogen-bond acceptors (Lipinski definition) is 3. The second-order valence-electron chi connectivity index (χ2n) is 5.95. The van der Waals surface area contributed by atoms with E-state index in [1.165, 1.54) is 6.08 Å². The number of nitriles is 1. The van der Waals surface area contributed by atoms with Gasteiger partial charge in [0.1, 0.15) is 0 Å². The van der Waals surface area contributed by atoms with Gasteiger partial charge in [0.05, 0.1) is 22.2 Å². The first-order valence-corrected chi connectivity index (χ1v) is 8.83. The van der Waals surface area contributed by atoms with Gasteiger partial charge in [-0.2, -0.15) is 5.26 Å². The van der Waals surface area contributed by atoms with Crippen molar-refractivity contribution in [1.29, 1.82) is 5.26 Å². The van der Waals surface area contributed by atoms with Gasteiger partial charge in [0.15, 0.2) is 5.78 Å². The van der Waals surface area contributed by atoms with E-state index in [1.54, 1.807) is 72.8 Å². The van der Waals surface area contributed by atoms with Crippen LogP contribution in [0.25, 0.3) is 6.08 Å². The molecule has 136 valence electrons. The maximum atomic E-state index is 12.4. The third kappa shape index (κ3) is 4.73. The van der Waals surface area contributed by atoms with Crippen LogP contribution in [0.5, 0.6) is 0 Å². The number of benzene rings is 3. The molecule has 4 nitrogen and oxygen atoms in total. The van der Waals surface area contributed by atoms with Crippen LogP contribution in [0.3, 0.4) is 0 Å². The molecule has 3 aromatic rings. The van der Waals surface area contributed by atoms with Crippen molar-refractivity contribution in [2.24, 2.45) is 0 Å². The zero-order chi connectivity index (χ0) is 19.9. The van der Waals surface area contributed by atoms with E-state index < -0.39 is 0 Å². The van der Waals surface area contributed by atoms with Gasteiger partial charge < -0.3 is 5.32 Å². The Balaban J connectivity index is 1.71. The highest BCUT2D eigenvalue weighted by Crippen LogP contribution is 2.18. The van der Waals surface area contributed by atoms with Gasteiger partial charge in [0.2, 0.25) is 0 Å². The van der Waals surface area contributed by atoms with E-state index in [0.717, 1.165) is 5.56 Å². The summed E-state index contributed by atoms with van der Waals surface area (Å²) in [5.41, 5.74) is 2.75. The van der Waals surface area contributed by atoms with Crippen molar-refractivity contribution in [3.05, 3.63) is 106 Å². The maximum absolute atomic E-state index is 12.4. The molecule has 1 N–H and O–H groups in total. The standard InChI is InChI=1S/C23H15ClN2O2/c24-21-7-2-1-6-20(21)23(28)26-19-5-3-4-16(14-19)10-13-22(27)18-11-8-17(15-25)9-12-18/h1-14H,(H,26,28)/b13-10+. The van der Waals surface area contributed by atoms with E-state index >= 15 is 0 Å². The first kappa shape index (κ1) is 19.1. The lowest BCUT2D eigenvalue weighted by atomic mass is 10.1. The lowest BCUT2D eigenvalue weighted by Crippen LogP contribution is -2.12. The molecular weight excluding hydrogens is 372 g/mol. The van der Waals surface area contributed by atoms with Crippen LogP contribution in [0.2, 0.25) is 5.02 Å². The maximum Gasteiger partial charge on any atom is 0.257 e. The summed E-state index contributed by atoms with van der Waals surface area (Å²) in [7, 11) is 0. The molecule has 0 heterocycles. The van der Waals surface area contributed by atoms with Crippen molar-refractivity contribution in [2.45, 2.75) is 0 Å². The van der Waals surface area contributed by atoms with Gasteiger partial charge in [-0.1, -0.05) is 41.9 Å². The highest BCUT2D eigenvalue weighted by atomic mass is 35.5. The summed E-state index contributed by atoms with van der Waals surface area (Å²) in [6, 6.07) is 22.4. The van der Waals surface area contributed by atoms with Crippen molar-refractivity contribution in [2.75, 3.05) is 5.32 Å². The van der Waals surface area contributed by atoms with Crippen LogP contribution in [0, 0.1) is 11.3 Å². The molecule has 0 aliphatic carbocycles. The fourth-order valence-corrected chi connectivity index (χ4v) is 2.76. The summed E-state index contributed by atoms with van der Waals surface area (Å²) in [5, 5.41) is 12.0. The van der Waals surface area contributed by atoms with Crippen LogP contribution < -0.4 is 5.32 Å². The Bertz CT molecular complexity index is 1100. The van der Waals surface area contributed by atoms with Crippen molar-refractivity contribution in [1.82, 2.24) is 0 Å². The summed E-state index contributed by atoms with van der Waals surface area (Å²) in [6.07, 6.45) is 3.13. The zero-order valence-electron chi connectivity index (χ0n) is 14.7. The van der Waals surface area contributed by atoms with Crippen molar-refractivity contribution >= 4 is 35.1 Å². The molecule has 0 saturated heterocycles. The molecule has 0 fully saturated rings. The molecule has 0 atom stereocenters. The molecule has 1 amide bonds. The molecule has 0 spiro atoms. The molecule has 3 aromatic carbocycles. The first-order chi connectivity index (χ1) is 13.6. The number of rotatable bonds is 5. The molecule has 0 aliphatic heterocycles. The second kappa shape index (κ2) is 8.81. The highest BCUT2D eigenvalue weighted by Gasteiger charge is 2.09. The molecule has 28 heavy (non-hydrogen) atoms. The molecule has 0 radical (unpaired) electrons. The number of halogens is 1. The molecule has 0 unspecified atom stereocenters. The Labute approximate surface area is 167 Å². The molecule has 5 heteroatoms. The van der Waals surface area contributed by atoms with Gasteiger partial charge >= 0.3 is 0 Å². The number of hydrogen-bond donors (Lipinski definition) is 1. The zero-order valence-corrected chi connectivity index (χ0v) is 15.5. The van der Waals surface area contributed by atoms with Crippen molar-refractivity contribution in [3.63, 3.8) is 0 Å². The highest BCUT2D eigenvalue weighted by molar-refractivity contribution is 6.34. The predicted octanol–water partition coefficient (Wildman–Crippen LogP) is 5.36. The second-order valence-corrected chi connectivity index (χ2v) is 6.35. The van der Waals surface area contributed by atoms with Crippen LogP contribution >= 0.6 is 11.6 Å². The fraction of sp³-hybridized carbons (Fsp3) is 0. The van der Waals surface area contributed by atoms with Crippen LogP contribution in [0.4, 0.5) is 5.69 Å². The number of nitrogens with one attached hydrogen (secondary N) is 1. The van der Waals surface area contributed by atoms with Gasteiger partial charge in [-0.3, -0.25) is 9.59 Å². The lowest BCUT2D eigenvalue weighted by Gasteiger charge is -2.07. The number of amides is 1. The molecule has 0 aromatic heterocycles. The van der Waals surface area contributed by atoms with Crippen LogP contribution in [-0.4, -0.2) is 11.7 Å². The minimum absolute atomic E-state index is 0.171. The van der Waals surface area contributed by atoms with Gasteiger partial charge in [0, 0.05) is 11.3 Å². The third-order valence-electron chi connectivity index (χ3n) is 3.99. The number of anilines is 1. The average molecular weight is 387 g/mol. The van der Waals surface area contributed by atoms with Gasteiger partial charge in [-0.15, -0.1) is 0 Å². The third-order valence-corrected chi connectivity index (χ3v) is 4.32. The number of carbonyl (C=O) groups excluding carboxylic acids is 2. The quantitative estimate of drug-likeness (QED) is 0.474. The Morgan fingerprint density at radius 1 is 0.964 bits per heavy atom. The largest absolute Gasteiger partial charge is 0.322 e. The smallest absolute Gasteiger partial charge is 0.257 e. The minimum Gasteiger partial charge on any atom is -0.322 e. The monoisotopic (exact) mass is 386 g/mol. The normalized spacial score (nSPS) is 10.4. The van der Waals surface area contributed by atoms with E-state index in [9.17, 15) is 9.59 Å². The fourth-order valence-electron chi connectivity index (χ4n) is 2.54. The van der Waals surface area contributed by atoms with E-state index in [4.69, 9.17) is 16.9 Å². The SMILES string of the molecule is N#Cc1ccc(C(=O)/C=C/c2cccc(NC(=O)c3ccccc3Cl)c2)cc1. The molecule has 0 aliphatic rings. The Morgan fingerprint density at radius 3 is 2.43 bits per heavy atom. The lowest BCUT2D eigenvalue weighted by molar-refractivity contribution is 0.102. The minimum atomic E-state index is -0.305. The molecule has 0 bridgehead atoms. The molecule has 0 saturated carbocycles. The van der Waals surface area contributed by atoms with Crippen molar-refractivity contribution in [3.8, 4) is 6.07 Å². The summed E-state index contributed by atoms with van der Waals surface area (Å²) >= 11 is 6.05. The van der Waals surface area contributed by atoms with E-state index in [0.29, 0.717) is 27.4 Å². The summed E-state index contributed by atoms with van der Waals surface area (Å²) in [4.78, 5) is 24.6. The number of ketones is 1. The number of allylic oxidation sites excluding steroid dienone is 1. The van der Waals surface area contributed by atoms with Crippen LogP contribution in [-0.2, 0) is 0 Å². The van der Waals surface area contributed by atoms with Crippen LogP contribution in [0.15, 0.2) is 78.9 Å². The Hall–Kier alpha value is -3.68. The van der Waals surface area contributed by atoms with E-state index in [-0.39, 0.29) is 11.7 Å². The predicted molar refractivity (Wildman–Crippen MR) is 110 cm³/mol. The Kier molecular flexibility index (Phi) is 6.01. The van der Waals surface area contributed by atoms with Crippen molar-refractivity contribution < 1.29 is 9.59 Å². The molecular formula is C23H15ClN2O2. The van der Waals surface area contributed by atoms with Crippen LogP contribution in [0.1, 0.15) is 31.8 Å². The summed E-state index contributed by atoms with van der Waals surface area (Å²) < 4.78 is 0. The summed E-state index contributed by atoms with van der Waals surface area (Å²) in [5.74, 6) is -0.476. The van der Waals surface area contributed by atoms with E-state index in [1.807, 2.05) is 12.1 Å². The average Bonchev–Trinajstić information content (AvgIpc) is 2.72. The van der Waals surface area contributed by atoms with Gasteiger partial charge in [0.25, 0.3) is 5.91 Å². The summed E-state index contributed by atoms with van der Waals surface area (Å²) in [6.45, 7) is 0. The Morgan fingerprint density at radius 2 is 1.71 bits per heavy atom. The first-order valence-electron chi connectivity index (χ1n) is 8.45. The topological polar surface area (TPSA) is 70.0 Å². The van der Waals surface area contributed by atoms with Gasteiger partial charge in [-0.25, -0.2) is 0 Å². The number of carbonyl (C=O) groups is 2. The number of nitrogens with zero attached hydrogens (tertiary/aromatic N) is 1. The molecule has 3 rings (SSSR count). The van der Waals surface area contributed by atoms with Gasteiger partial charge in [-0.05, 0) is 60.2 Å².